The van der Waals surface area contributed by atoms with Crippen molar-refractivity contribution in [1.29, 1.82) is 0 Å². The Bertz CT molecular complexity index is 416. The van der Waals surface area contributed by atoms with Crippen molar-refractivity contribution in [2.75, 3.05) is 31.2 Å². The maximum absolute atomic E-state index is 10.7. The molecule has 0 bridgehead atoms. The molecule has 1 heterocycles. The molecule has 1 aromatic carbocycles. The number of morpholine rings is 1. The van der Waals surface area contributed by atoms with Gasteiger partial charge in [0.15, 0.2) is 0 Å². The maximum atomic E-state index is 10.7. The Balaban J connectivity index is 2.29. The van der Waals surface area contributed by atoms with E-state index in [9.17, 15) is 4.79 Å². The topological polar surface area (TPSA) is 29.5 Å². The minimum Gasteiger partial charge on any atom is -0.378 e. The van der Waals surface area contributed by atoms with E-state index in [2.05, 4.69) is 46.0 Å². The standard InChI is InChI=1S/C14H18BrNO2/c1-11(4-7-17)13-10-12(15)2-3-14(13)16-5-8-18-9-6-16/h2-3,7,10-11H,4-6,8-9H2,1H3. The van der Waals surface area contributed by atoms with Gasteiger partial charge in [0.25, 0.3) is 0 Å². The first-order valence-corrected chi connectivity index (χ1v) is 7.07. The average molecular weight is 312 g/mol. The molecule has 1 saturated heterocycles. The van der Waals surface area contributed by atoms with Crippen molar-refractivity contribution in [2.24, 2.45) is 0 Å². The van der Waals surface area contributed by atoms with Gasteiger partial charge in [0, 0.05) is 29.7 Å². The molecule has 0 saturated carbocycles. The van der Waals surface area contributed by atoms with Crippen LogP contribution in [0, 0.1) is 0 Å². The van der Waals surface area contributed by atoms with Gasteiger partial charge in [-0.1, -0.05) is 22.9 Å². The first-order valence-electron chi connectivity index (χ1n) is 6.28. The Morgan fingerprint density at radius 2 is 2.17 bits per heavy atom. The number of nitrogens with zero attached hydrogens (tertiary/aromatic N) is 1. The van der Waals surface area contributed by atoms with Crippen LogP contribution in [0.3, 0.4) is 0 Å². The fourth-order valence-electron chi connectivity index (χ4n) is 2.28. The van der Waals surface area contributed by atoms with Crippen molar-refractivity contribution in [2.45, 2.75) is 19.3 Å². The molecule has 1 fully saturated rings. The lowest BCUT2D eigenvalue weighted by Gasteiger charge is -2.31. The third-order valence-corrected chi connectivity index (χ3v) is 3.82. The quantitative estimate of drug-likeness (QED) is 0.801. The van der Waals surface area contributed by atoms with Crippen molar-refractivity contribution >= 4 is 27.9 Å². The lowest BCUT2D eigenvalue weighted by molar-refractivity contribution is -0.108. The number of carbonyl (C=O) groups excluding carboxylic acids is 1. The second kappa shape index (κ2) is 6.34. The number of halogens is 1. The number of benzene rings is 1. The second-order valence-electron chi connectivity index (χ2n) is 4.61. The van der Waals surface area contributed by atoms with Gasteiger partial charge in [-0.05, 0) is 29.7 Å². The third-order valence-electron chi connectivity index (χ3n) is 3.32. The molecule has 3 nitrogen and oxygen atoms in total. The Morgan fingerprint density at radius 3 is 2.83 bits per heavy atom. The smallest absolute Gasteiger partial charge is 0.120 e. The fraction of sp³-hybridized carbons (Fsp3) is 0.500. The predicted molar refractivity (Wildman–Crippen MR) is 76.3 cm³/mol. The van der Waals surface area contributed by atoms with Crippen LogP contribution < -0.4 is 4.90 Å². The number of carbonyl (C=O) groups is 1. The molecule has 1 aromatic rings. The molecular weight excluding hydrogens is 294 g/mol. The van der Waals surface area contributed by atoms with Crippen molar-refractivity contribution in [3.63, 3.8) is 0 Å². The molecule has 4 heteroatoms. The SMILES string of the molecule is CC(CC=O)c1cc(Br)ccc1N1CCOCC1. The molecule has 0 N–H and O–H groups in total. The molecule has 1 atom stereocenters. The van der Waals surface area contributed by atoms with Crippen molar-refractivity contribution in [3.8, 4) is 0 Å². The van der Waals surface area contributed by atoms with E-state index in [0.29, 0.717) is 6.42 Å². The number of hydrogen-bond donors (Lipinski definition) is 0. The van der Waals surface area contributed by atoms with Gasteiger partial charge in [0.2, 0.25) is 0 Å². The van der Waals surface area contributed by atoms with E-state index in [4.69, 9.17) is 4.74 Å². The molecular formula is C14H18BrNO2. The summed E-state index contributed by atoms with van der Waals surface area (Å²) in [6.07, 6.45) is 1.56. The minimum atomic E-state index is 0.248. The number of ether oxygens (including phenoxy) is 1. The summed E-state index contributed by atoms with van der Waals surface area (Å²) in [7, 11) is 0. The van der Waals surface area contributed by atoms with E-state index in [0.717, 1.165) is 37.1 Å². The van der Waals surface area contributed by atoms with Crippen LogP contribution in [0.25, 0.3) is 0 Å². The lowest BCUT2D eigenvalue weighted by Crippen LogP contribution is -2.36. The van der Waals surface area contributed by atoms with Gasteiger partial charge < -0.3 is 14.4 Å². The molecule has 0 amide bonds. The number of anilines is 1. The summed E-state index contributed by atoms with van der Waals surface area (Å²) in [5, 5.41) is 0. The van der Waals surface area contributed by atoms with E-state index in [1.807, 2.05) is 0 Å². The zero-order chi connectivity index (χ0) is 13.0. The molecule has 0 aromatic heterocycles. The first kappa shape index (κ1) is 13.6. The van der Waals surface area contributed by atoms with Crippen LogP contribution in [0.1, 0.15) is 24.8 Å². The normalized spacial score (nSPS) is 17.6. The van der Waals surface area contributed by atoms with Gasteiger partial charge in [-0.3, -0.25) is 0 Å². The Morgan fingerprint density at radius 1 is 1.44 bits per heavy atom. The molecule has 1 unspecified atom stereocenters. The summed E-state index contributed by atoms with van der Waals surface area (Å²) in [6, 6.07) is 6.31. The van der Waals surface area contributed by atoms with Crippen LogP contribution in [-0.2, 0) is 9.53 Å². The van der Waals surface area contributed by atoms with Crippen LogP contribution >= 0.6 is 15.9 Å². The highest BCUT2D eigenvalue weighted by molar-refractivity contribution is 9.10. The first-order chi connectivity index (χ1) is 8.72. The van der Waals surface area contributed by atoms with Crippen LogP contribution in [0.2, 0.25) is 0 Å². The van der Waals surface area contributed by atoms with E-state index >= 15 is 0 Å². The van der Waals surface area contributed by atoms with E-state index in [1.54, 1.807) is 0 Å². The van der Waals surface area contributed by atoms with Crippen molar-refractivity contribution in [3.05, 3.63) is 28.2 Å². The van der Waals surface area contributed by atoms with Crippen LogP contribution in [0.4, 0.5) is 5.69 Å². The van der Waals surface area contributed by atoms with Crippen molar-refractivity contribution < 1.29 is 9.53 Å². The van der Waals surface area contributed by atoms with E-state index in [1.165, 1.54) is 11.3 Å². The largest absolute Gasteiger partial charge is 0.378 e. The molecule has 0 radical (unpaired) electrons. The minimum absolute atomic E-state index is 0.248. The Labute approximate surface area is 116 Å². The number of hydrogen-bond acceptors (Lipinski definition) is 3. The highest BCUT2D eigenvalue weighted by atomic mass is 79.9. The van der Waals surface area contributed by atoms with Gasteiger partial charge in [-0.15, -0.1) is 0 Å². The van der Waals surface area contributed by atoms with E-state index < -0.39 is 0 Å². The molecule has 0 aliphatic carbocycles. The lowest BCUT2D eigenvalue weighted by atomic mass is 9.96. The molecule has 18 heavy (non-hydrogen) atoms. The average Bonchev–Trinajstić information content (AvgIpc) is 2.40. The summed E-state index contributed by atoms with van der Waals surface area (Å²) in [5.41, 5.74) is 2.47. The monoisotopic (exact) mass is 311 g/mol. The Hall–Kier alpha value is -0.870. The molecule has 2 rings (SSSR count). The van der Waals surface area contributed by atoms with Gasteiger partial charge in [-0.25, -0.2) is 0 Å². The van der Waals surface area contributed by atoms with E-state index in [-0.39, 0.29) is 5.92 Å². The maximum Gasteiger partial charge on any atom is 0.120 e. The number of aldehydes is 1. The van der Waals surface area contributed by atoms with Crippen LogP contribution in [0.15, 0.2) is 22.7 Å². The number of rotatable bonds is 4. The predicted octanol–water partition coefficient (Wildman–Crippen LogP) is 2.98. The van der Waals surface area contributed by atoms with Gasteiger partial charge >= 0.3 is 0 Å². The summed E-state index contributed by atoms with van der Waals surface area (Å²) in [6.45, 7) is 5.49. The third kappa shape index (κ3) is 3.12. The highest BCUT2D eigenvalue weighted by Gasteiger charge is 2.18. The summed E-state index contributed by atoms with van der Waals surface area (Å²) < 4.78 is 6.45. The van der Waals surface area contributed by atoms with Gasteiger partial charge in [0.1, 0.15) is 6.29 Å². The highest BCUT2D eigenvalue weighted by Crippen LogP contribution is 2.32. The van der Waals surface area contributed by atoms with Gasteiger partial charge in [0.05, 0.1) is 13.2 Å². The molecule has 1 aliphatic heterocycles. The van der Waals surface area contributed by atoms with Crippen LogP contribution in [-0.4, -0.2) is 32.6 Å². The van der Waals surface area contributed by atoms with Crippen molar-refractivity contribution in [1.82, 2.24) is 0 Å². The summed E-state index contributed by atoms with van der Waals surface area (Å²) >= 11 is 3.51. The zero-order valence-electron chi connectivity index (χ0n) is 10.6. The fourth-order valence-corrected chi connectivity index (χ4v) is 2.66. The Kier molecular flexibility index (Phi) is 4.78. The summed E-state index contributed by atoms with van der Waals surface area (Å²) in [5.74, 6) is 0.248. The summed E-state index contributed by atoms with van der Waals surface area (Å²) in [4.78, 5) is 13.1. The zero-order valence-corrected chi connectivity index (χ0v) is 12.1. The second-order valence-corrected chi connectivity index (χ2v) is 5.52. The molecule has 98 valence electrons. The van der Waals surface area contributed by atoms with Crippen LogP contribution in [0.5, 0.6) is 0 Å². The molecule has 1 aliphatic rings. The molecule has 0 spiro atoms. The van der Waals surface area contributed by atoms with Gasteiger partial charge in [-0.2, -0.15) is 0 Å².